The summed E-state index contributed by atoms with van der Waals surface area (Å²) in [6.07, 6.45) is 0. The Bertz CT molecular complexity index is 501. The highest BCUT2D eigenvalue weighted by Crippen LogP contribution is 2.25. The monoisotopic (exact) mass is 258 g/mol. The minimum absolute atomic E-state index is 0.332. The highest BCUT2D eigenvalue weighted by Gasteiger charge is 2.34. The summed E-state index contributed by atoms with van der Waals surface area (Å²) in [6, 6.07) is 3.77. The van der Waals surface area contributed by atoms with Gasteiger partial charge in [-0.15, -0.1) is 0 Å². The molecule has 1 aromatic heterocycles. The van der Waals surface area contributed by atoms with E-state index < -0.39 is 10.2 Å². The highest BCUT2D eigenvalue weighted by molar-refractivity contribution is 7.87. The van der Waals surface area contributed by atoms with Crippen LogP contribution in [-0.4, -0.2) is 32.4 Å². The average molecular weight is 258 g/mol. The van der Waals surface area contributed by atoms with Crippen molar-refractivity contribution >= 4 is 10.2 Å². The van der Waals surface area contributed by atoms with Gasteiger partial charge in [-0.2, -0.15) is 12.7 Å². The molecule has 1 N–H and O–H groups in total. The Morgan fingerprint density at radius 1 is 1.41 bits per heavy atom. The zero-order valence-electron chi connectivity index (χ0n) is 10.4. The predicted octanol–water partition coefficient (Wildman–Crippen LogP) is 1.02. The predicted molar refractivity (Wildman–Crippen MR) is 65.0 cm³/mol. The van der Waals surface area contributed by atoms with E-state index in [2.05, 4.69) is 4.72 Å². The van der Waals surface area contributed by atoms with Gasteiger partial charge in [-0.1, -0.05) is 13.8 Å². The van der Waals surface area contributed by atoms with E-state index in [9.17, 15) is 8.42 Å². The number of nitrogens with one attached hydrogen (secondary N) is 1. The second-order valence-electron chi connectivity index (χ2n) is 5.02. The summed E-state index contributed by atoms with van der Waals surface area (Å²) in [5.41, 5.74) is -0.350. The van der Waals surface area contributed by atoms with Crippen LogP contribution in [0.25, 0.3) is 0 Å². The topological polar surface area (TPSA) is 62.3 Å². The molecular formula is C11H18N2O3S. The molecule has 0 spiro atoms. The first-order valence-corrected chi connectivity index (χ1v) is 7.07. The van der Waals surface area contributed by atoms with Crippen LogP contribution in [0.15, 0.2) is 16.5 Å². The summed E-state index contributed by atoms with van der Waals surface area (Å²) in [5, 5.41) is 0. The number of rotatable bonds is 5. The van der Waals surface area contributed by atoms with Crippen molar-refractivity contribution in [3.63, 3.8) is 0 Å². The third kappa shape index (κ3) is 2.88. The molecule has 1 aromatic rings. The zero-order chi connectivity index (χ0) is 12.7. The molecule has 1 saturated heterocycles. The van der Waals surface area contributed by atoms with Crippen molar-refractivity contribution in [2.45, 2.75) is 26.2 Å². The van der Waals surface area contributed by atoms with Gasteiger partial charge >= 0.3 is 0 Å². The van der Waals surface area contributed by atoms with Crippen molar-refractivity contribution in [2.75, 3.05) is 19.6 Å². The van der Waals surface area contributed by atoms with Crippen LogP contribution in [-0.2, 0) is 15.6 Å². The summed E-state index contributed by atoms with van der Waals surface area (Å²) >= 11 is 0. The molecule has 6 heteroatoms. The van der Waals surface area contributed by atoms with Crippen LogP contribution >= 0.6 is 0 Å². The molecule has 96 valence electrons. The summed E-state index contributed by atoms with van der Waals surface area (Å²) < 4.78 is 32.9. The van der Waals surface area contributed by atoms with Gasteiger partial charge in [0.25, 0.3) is 10.2 Å². The zero-order valence-corrected chi connectivity index (χ0v) is 11.2. The van der Waals surface area contributed by atoms with Gasteiger partial charge in [0.1, 0.15) is 11.5 Å². The molecule has 0 aromatic carbocycles. The van der Waals surface area contributed by atoms with Gasteiger partial charge in [-0.3, -0.25) is 0 Å². The molecule has 1 fully saturated rings. The van der Waals surface area contributed by atoms with Crippen LogP contribution in [0.1, 0.15) is 25.4 Å². The first-order valence-electron chi connectivity index (χ1n) is 5.63. The van der Waals surface area contributed by atoms with Crippen molar-refractivity contribution in [2.24, 2.45) is 0 Å². The Balaban J connectivity index is 2.02. The fourth-order valence-electron chi connectivity index (χ4n) is 1.53. The van der Waals surface area contributed by atoms with Crippen molar-refractivity contribution in [3.05, 3.63) is 23.7 Å². The van der Waals surface area contributed by atoms with E-state index in [1.165, 1.54) is 4.31 Å². The Morgan fingerprint density at radius 3 is 2.53 bits per heavy atom. The standard InChI is InChI=1S/C11H18N2O3S/c1-9-4-5-10(16-9)11(2,3)8-12-17(14,15)13-6-7-13/h4-5,12H,6-8H2,1-3H3. The largest absolute Gasteiger partial charge is 0.466 e. The smallest absolute Gasteiger partial charge is 0.279 e. The second-order valence-corrected chi connectivity index (χ2v) is 6.77. The molecule has 0 radical (unpaired) electrons. The number of furan rings is 1. The molecule has 1 aliphatic heterocycles. The first-order chi connectivity index (χ1) is 7.81. The number of hydrogen-bond donors (Lipinski definition) is 1. The quantitative estimate of drug-likeness (QED) is 0.802. The SMILES string of the molecule is Cc1ccc(C(C)(C)CNS(=O)(=O)N2CC2)o1. The minimum Gasteiger partial charge on any atom is -0.466 e. The fraction of sp³-hybridized carbons (Fsp3) is 0.636. The van der Waals surface area contributed by atoms with Gasteiger partial charge in [0.05, 0.1) is 0 Å². The van der Waals surface area contributed by atoms with E-state index in [0.29, 0.717) is 19.6 Å². The van der Waals surface area contributed by atoms with Gasteiger partial charge in [0.2, 0.25) is 0 Å². The molecule has 0 bridgehead atoms. The maximum atomic E-state index is 11.7. The van der Waals surface area contributed by atoms with Crippen molar-refractivity contribution < 1.29 is 12.8 Å². The van der Waals surface area contributed by atoms with E-state index in [0.717, 1.165) is 11.5 Å². The molecule has 5 nitrogen and oxygen atoms in total. The molecule has 0 aliphatic carbocycles. The highest BCUT2D eigenvalue weighted by atomic mass is 32.2. The van der Waals surface area contributed by atoms with Crippen molar-refractivity contribution in [3.8, 4) is 0 Å². The molecule has 0 unspecified atom stereocenters. The lowest BCUT2D eigenvalue weighted by atomic mass is 9.91. The molecule has 0 amide bonds. The van der Waals surface area contributed by atoms with Gasteiger partial charge in [0, 0.05) is 25.0 Å². The summed E-state index contributed by atoms with van der Waals surface area (Å²) in [7, 11) is -3.28. The van der Waals surface area contributed by atoms with Gasteiger partial charge < -0.3 is 4.42 Å². The van der Waals surface area contributed by atoms with Crippen molar-refractivity contribution in [1.82, 2.24) is 9.03 Å². The summed E-state index contributed by atoms with van der Waals surface area (Å²) in [6.45, 7) is 7.36. The van der Waals surface area contributed by atoms with E-state index >= 15 is 0 Å². The summed E-state index contributed by atoms with van der Waals surface area (Å²) in [5.74, 6) is 1.63. The third-order valence-corrected chi connectivity index (χ3v) is 4.40. The van der Waals surface area contributed by atoms with Crippen LogP contribution in [0.2, 0.25) is 0 Å². The Kier molecular flexibility index (Phi) is 3.05. The Hall–Kier alpha value is -0.850. The normalized spacial score (nSPS) is 17.4. The lowest BCUT2D eigenvalue weighted by Gasteiger charge is -2.22. The lowest BCUT2D eigenvalue weighted by Crippen LogP contribution is -2.39. The molecular weight excluding hydrogens is 240 g/mol. The maximum absolute atomic E-state index is 11.7. The molecule has 17 heavy (non-hydrogen) atoms. The van der Waals surface area contributed by atoms with Gasteiger partial charge in [-0.25, -0.2) is 4.72 Å². The van der Waals surface area contributed by atoms with Crippen LogP contribution in [0.5, 0.6) is 0 Å². The Morgan fingerprint density at radius 2 is 2.06 bits per heavy atom. The van der Waals surface area contributed by atoms with Gasteiger partial charge in [0.15, 0.2) is 0 Å². The average Bonchev–Trinajstić information content (AvgIpc) is 3.00. The number of hydrogen-bond acceptors (Lipinski definition) is 3. The number of aryl methyl sites for hydroxylation is 1. The molecule has 0 atom stereocenters. The fourth-order valence-corrected chi connectivity index (χ4v) is 2.82. The van der Waals surface area contributed by atoms with Crippen LogP contribution in [0, 0.1) is 6.92 Å². The van der Waals surface area contributed by atoms with E-state index in [4.69, 9.17) is 4.42 Å². The third-order valence-electron chi connectivity index (χ3n) is 2.85. The maximum Gasteiger partial charge on any atom is 0.279 e. The van der Waals surface area contributed by atoms with Crippen molar-refractivity contribution in [1.29, 1.82) is 0 Å². The molecule has 0 saturated carbocycles. The molecule has 2 rings (SSSR count). The molecule has 1 aliphatic rings. The van der Waals surface area contributed by atoms with E-state index in [-0.39, 0.29) is 5.41 Å². The van der Waals surface area contributed by atoms with Crippen LogP contribution < -0.4 is 4.72 Å². The Labute approximate surface area is 102 Å². The van der Waals surface area contributed by atoms with E-state index in [1.54, 1.807) is 0 Å². The summed E-state index contributed by atoms with van der Waals surface area (Å²) in [4.78, 5) is 0. The second kappa shape index (κ2) is 4.12. The van der Waals surface area contributed by atoms with Crippen LogP contribution in [0.3, 0.4) is 0 Å². The number of nitrogens with zero attached hydrogens (tertiary/aromatic N) is 1. The minimum atomic E-state index is -3.28. The first kappa shape index (κ1) is 12.6. The van der Waals surface area contributed by atoms with Gasteiger partial charge in [-0.05, 0) is 19.1 Å². The van der Waals surface area contributed by atoms with E-state index in [1.807, 2.05) is 32.9 Å². The molecule has 2 heterocycles. The van der Waals surface area contributed by atoms with Crippen LogP contribution in [0.4, 0.5) is 0 Å². The lowest BCUT2D eigenvalue weighted by molar-refractivity contribution is 0.370.